The van der Waals surface area contributed by atoms with E-state index < -0.39 is 15.8 Å². The predicted molar refractivity (Wildman–Crippen MR) is 116 cm³/mol. The van der Waals surface area contributed by atoms with Crippen molar-refractivity contribution in [3.05, 3.63) is 64.6 Å². The van der Waals surface area contributed by atoms with Gasteiger partial charge in [0.1, 0.15) is 5.52 Å². The van der Waals surface area contributed by atoms with Gasteiger partial charge in [-0.2, -0.15) is 0 Å². The van der Waals surface area contributed by atoms with Crippen molar-refractivity contribution in [1.82, 2.24) is 9.97 Å². The third-order valence-corrected chi connectivity index (χ3v) is 6.01. The van der Waals surface area contributed by atoms with Gasteiger partial charge in [0.15, 0.2) is 9.84 Å². The van der Waals surface area contributed by atoms with Gasteiger partial charge in [-0.15, -0.1) is 0 Å². The maximum absolute atomic E-state index is 12.5. The van der Waals surface area contributed by atoms with E-state index >= 15 is 0 Å². The zero-order valence-electron chi connectivity index (χ0n) is 16.5. The molecule has 0 saturated carbocycles. The number of benzene rings is 2. The van der Waals surface area contributed by atoms with Gasteiger partial charge < -0.3 is 14.7 Å². The first-order chi connectivity index (χ1) is 14.3. The topological polar surface area (TPSA) is 109 Å². The van der Waals surface area contributed by atoms with E-state index in [9.17, 15) is 18.0 Å². The fourth-order valence-corrected chi connectivity index (χ4v) is 4.11. The molecule has 2 heterocycles. The summed E-state index contributed by atoms with van der Waals surface area (Å²) in [5, 5.41) is 1.15. The maximum atomic E-state index is 12.5. The molecule has 30 heavy (non-hydrogen) atoms. The quantitative estimate of drug-likeness (QED) is 0.475. The highest BCUT2D eigenvalue weighted by Gasteiger charge is 2.19. The van der Waals surface area contributed by atoms with Gasteiger partial charge in [0.2, 0.25) is 0 Å². The maximum Gasteiger partial charge on any atom is 0.340 e. The molecule has 4 rings (SSSR count). The summed E-state index contributed by atoms with van der Waals surface area (Å²) in [6.45, 7) is 2.19. The first-order valence-electron chi connectivity index (χ1n) is 9.44. The van der Waals surface area contributed by atoms with E-state index in [-0.39, 0.29) is 28.1 Å². The van der Waals surface area contributed by atoms with Crippen molar-refractivity contribution in [3.8, 4) is 11.1 Å². The molecule has 154 valence electrons. The van der Waals surface area contributed by atoms with Crippen LogP contribution in [0.4, 0.5) is 0 Å². The summed E-state index contributed by atoms with van der Waals surface area (Å²) in [6, 6.07) is 12.0. The summed E-state index contributed by atoms with van der Waals surface area (Å²) in [5.74, 6) is -0.500. The number of hydrogen-bond acceptors (Lipinski definition) is 5. The van der Waals surface area contributed by atoms with Crippen LogP contribution in [0.5, 0.6) is 0 Å². The van der Waals surface area contributed by atoms with Crippen molar-refractivity contribution < 1.29 is 17.9 Å². The molecule has 7 nitrogen and oxygen atoms in total. The molecule has 8 heteroatoms. The molecule has 0 saturated heterocycles. The zero-order chi connectivity index (χ0) is 21.5. The number of pyridine rings is 1. The van der Waals surface area contributed by atoms with Crippen molar-refractivity contribution in [2.45, 2.75) is 18.2 Å². The number of esters is 1. The number of fused-ring (bicyclic) bond motifs is 3. The first kappa shape index (κ1) is 19.9. The Bertz CT molecular complexity index is 1450. The Labute approximate surface area is 172 Å². The van der Waals surface area contributed by atoms with E-state index in [4.69, 9.17) is 4.74 Å². The second kappa shape index (κ2) is 7.46. The fourth-order valence-electron chi connectivity index (χ4n) is 3.45. The monoisotopic (exact) mass is 424 g/mol. The minimum absolute atomic E-state index is 0.220. The Balaban J connectivity index is 1.95. The minimum Gasteiger partial charge on any atom is -0.462 e. The van der Waals surface area contributed by atoms with Crippen molar-refractivity contribution in [2.24, 2.45) is 0 Å². The average molecular weight is 424 g/mol. The van der Waals surface area contributed by atoms with Crippen LogP contribution in [0.2, 0.25) is 0 Å². The number of hydrogen-bond donors (Lipinski definition) is 2. The third-order valence-electron chi connectivity index (χ3n) is 4.90. The van der Waals surface area contributed by atoms with Crippen molar-refractivity contribution in [2.75, 3.05) is 12.9 Å². The largest absolute Gasteiger partial charge is 0.462 e. The summed E-state index contributed by atoms with van der Waals surface area (Å²) < 4.78 is 29.1. The SMILES string of the molecule is CCCOC(=O)c1c[nH]c2c(=O)[nH]c3ccc(-c4cccc(S(C)(=O)=O)c4)cc3c12. The van der Waals surface area contributed by atoms with Crippen molar-refractivity contribution >= 4 is 37.6 Å². The molecule has 0 fully saturated rings. The number of nitrogens with one attached hydrogen (secondary N) is 2. The third kappa shape index (κ3) is 3.50. The van der Waals surface area contributed by atoms with Gasteiger partial charge in [0.25, 0.3) is 5.56 Å². The van der Waals surface area contributed by atoms with Crippen LogP contribution < -0.4 is 5.56 Å². The van der Waals surface area contributed by atoms with Crippen LogP contribution in [-0.4, -0.2) is 37.2 Å². The lowest BCUT2D eigenvalue weighted by molar-refractivity contribution is 0.0507. The van der Waals surface area contributed by atoms with Crippen LogP contribution >= 0.6 is 0 Å². The van der Waals surface area contributed by atoms with E-state index in [1.807, 2.05) is 19.1 Å². The molecule has 0 unspecified atom stereocenters. The molecule has 0 aliphatic carbocycles. The molecule has 2 aromatic heterocycles. The van der Waals surface area contributed by atoms with Gasteiger partial charge in [-0.25, -0.2) is 13.2 Å². The van der Waals surface area contributed by atoms with Crippen molar-refractivity contribution in [3.63, 3.8) is 0 Å². The lowest BCUT2D eigenvalue weighted by Crippen LogP contribution is -2.08. The molecule has 4 aromatic rings. The Hall–Kier alpha value is -3.39. The Morgan fingerprint density at radius 2 is 1.87 bits per heavy atom. The minimum atomic E-state index is -3.35. The van der Waals surface area contributed by atoms with Gasteiger partial charge in [0, 0.05) is 28.7 Å². The lowest BCUT2D eigenvalue weighted by atomic mass is 10.0. The van der Waals surface area contributed by atoms with Crippen LogP contribution in [0.3, 0.4) is 0 Å². The van der Waals surface area contributed by atoms with Crippen LogP contribution in [0.15, 0.2) is 58.4 Å². The second-order valence-corrected chi connectivity index (χ2v) is 9.12. The molecular formula is C22H20N2O5S. The highest BCUT2D eigenvalue weighted by molar-refractivity contribution is 7.90. The summed E-state index contributed by atoms with van der Waals surface area (Å²) in [4.78, 5) is 30.9. The summed E-state index contributed by atoms with van der Waals surface area (Å²) >= 11 is 0. The van der Waals surface area contributed by atoms with Gasteiger partial charge in [-0.05, 0) is 41.8 Å². The van der Waals surface area contributed by atoms with Crippen LogP contribution in [0, 0.1) is 0 Å². The normalized spacial score (nSPS) is 11.8. The molecule has 0 aliphatic heterocycles. The number of H-pyrrole nitrogens is 2. The summed E-state index contributed by atoms with van der Waals surface area (Å²) in [6.07, 6.45) is 3.33. The molecule has 2 aromatic carbocycles. The highest BCUT2D eigenvalue weighted by Crippen LogP contribution is 2.30. The Kier molecular flexibility index (Phi) is 4.95. The first-order valence-corrected chi connectivity index (χ1v) is 11.3. The number of carbonyl (C=O) groups is 1. The predicted octanol–water partition coefficient (Wildman–Crippen LogP) is 3.65. The van der Waals surface area contributed by atoms with Gasteiger partial charge in [-0.1, -0.05) is 25.1 Å². The standard InChI is InChI=1S/C22H20N2O5S/c1-3-9-29-22(26)17-12-23-20-19(17)16-11-14(7-8-18(16)24-21(20)25)13-5-4-6-15(10-13)30(2,27)28/h4-8,10-12,23H,3,9H2,1-2H3,(H,24,25). The summed E-state index contributed by atoms with van der Waals surface area (Å²) in [7, 11) is -3.35. The smallest absolute Gasteiger partial charge is 0.340 e. The molecular weight excluding hydrogens is 404 g/mol. The molecule has 0 radical (unpaired) electrons. The van der Waals surface area contributed by atoms with Gasteiger partial charge in [0.05, 0.1) is 17.1 Å². The Morgan fingerprint density at radius 3 is 2.60 bits per heavy atom. The van der Waals surface area contributed by atoms with E-state index in [2.05, 4.69) is 9.97 Å². The van der Waals surface area contributed by atoms with E-state index in [1.54, 1.807) is 30.3 Å². The number of ether oxygens (including phenoxy) is 1. The summed E-state index contributed by atoms with van der Waals surface area (Å²) in [5.41, 5.74) is 2.28. The van der Waals surface area contributed by atoms with Crippen LogP contribution in [0.25, 0.3) is 32.9 Å². The van der Waals surface area contributed by atoms with Crippen LogP contribution in [-0.2, 0) is 14.6 Å². The van der Waals surface area contributed by atoms with E-state index in [1.165, 1.54) is 6.20 Å². The van der Waals surface area contributed by atoms with Gasteiger partial charge >= 0.3 is 5.97 Å². The van der Waals surface area contributed by atoms with Gasteiger partial charge in [-0.3, -0.25) is 4.79 Å². The number of aromatic amines is 2. The number of rotatable bonds is 5. The molecule has 0 amide bonds. The van der Waals surface area contributed by atoms with E-state index in [0.29, 0.717) is 28.3 Å². The second-order valence-electron chi connectivity index (χ2n) is 7.10. The number of carbonyl (C=O) groups excluding carboxylic acids is 1. The lowest BCUT2D eigenvalue weighted by Gasteiger charge is -2.08. The highest BCUT2D eigenvalue weighted by atomic mass is 32.2. The fraction of sp³-hybridized carbons (Fsp3) is 0.182. The number of aromatic nitrogens is 2. The molecule has 2 N–H and O–H groups in total. The Morgan fingerprint density at radius 1 is 1.10 bits per heavy atom. The van der Waals surface area contributed by atoms with E-state index in [0.717, 1.165) is 11.8 Å². The molecule has 0 aliphatic rings. The molecule has 0 spiro atoms. The average Bonchev–Trinajstić information content (AvgIpc) is 3.18. The molecule has 0 atom stereocenters. The molecule has 0 bridgehead atoms. The zero-order valence-corrected chi connectivity index (χ0v) is 17.3. The van der Waals surface area contributed by atoms with Crippen molar-refractivity contribution in [1.29, 1.82) is 0 Å². The van der Waals surface area contributed by atoms with Crippen LogP contribution in [0.1, 0.15) is 23.7 Å². The number of sulfone groups is 1.